The van der Waals surface area contributed by atoms with Gasteiger partial charge in [-0.2, -0.15) is 0 Å². The van der Waals surface area contributed by atoms with Gasteiger partial charge in [-0.05, 0) is 19.1 Å². The van der Waals surface area contributed by atoms with Crippen molar-refractivity contribution in [2.75, 3.05) is 5.73 Å². The Morgan fingerprint density at radius 3 is 3.07 bits per heavy atom. The van der Waals surface area contributed by atoms with Crippen LogP contribution in [0.2, 0.25) is 0 Å². The molecule has 0 saturated carbocycles. The molecule has 0 saturated heterocycles. The van der Waals surface area contributed by atoms with E-state index >= 15 is 0 Å². The number of aromatic nitrogens is 2. The fourth-order valence-electron chi connectivity index (χ4n) is 1.15. The molecule has 2 aromatic rings. The van der Waals surface area contributed by atoms with E-state index in [1.807, 2.05) is 12.3 Å². The Kier molecular flexibility index (Phi) is 2.82. The second kappa shape index (κ2) is 4.27. The molecular weight excluding hydrogens is 210 g/mol. The van der Waals surface area contributed by atoms with Gasteiger partial charge in [0.05, 0.1) is 10.7 Å². The van der Waals surface area contributed by atoms with E-state index in [0.29, 0.717) is 18.2 Å². The molecule has 0 bridgehead atoms. The van der Waals surface area contributed by atoms with Gasteiger partial charge in [0.15, 0.2) is 11.6 Å². The molecule has 0 aliphatic carbocycles. The second-order valence-corrected chi connectivity index (χ2v) is 4.10. The molecule has 4 nitrogen and oxygen atoms in total. The first-order chi connectivity index (χ1) is 7.25. The summed E-state index contributed by atoms with van der Waals surface area (Å²) in [6.07, 6.45) is 1.63. The average Bonchev–Trinajstić information content (AvgIpc) is 2.63. The van der Waals surface area contributed by atoms with E-state index in [1.165, 1.54) is 0 Å². The van der Waals surface area contributed by atoms with Crippen molar-refractivity contribution in [1.82, 2.24) is 9.97 Å². The maximum atomic E-state index is 5.64. The summed E-state index contributed by atoms with van der Waals surface area (Å²) < 4.78 is 5.49. The summed E-state index contributed by atoms with van der Waals surface area (Å²) in [6.45, 7) is 2.40. The van der Waals surface area contributed by atoms with Crippen LogP contribution in [0.4, 0.5) is 5.82 Å². The van der Waals surface area contributed by atoms with Gasteiger partial charge in [0.1, 0.15) is 6.61 Å². The molecule has 2 heterocycles. The van der Waals surface area contributed by atoms with Gasteiger partial charge in [0.2, 0.25) is 0 Å². The van der Waals surface area contributed by atoms with Crippen LogP contribution in [0.1, 0.15) is 10.7 Å². The van der Waals surface area contributed by atoms with Crippen LogP contribution in [0.3, 0.4) is 0 Å². The van der Waals surface area contributed by atoms with Crippen LogP contribution in [-0.4, -0.2) is 9.97 Å². The van der Waals surface area contributed by atoms with Gasteiger partial charge >= 0.3 is 0 Å². The van der Waals surface area contributed by atoms with Crippen molar-refractivity contribution in [3.63, 3.8) is 0 Å². The zero-order chi connectivity index (χ0) is 10.7. The van der Waals surface area contributed by atoms with E-state index < -0.39 is 0 Å². The van der Waals surface area contributed by atoms with Gasteiger partial charge in [-0.3, -0.25) is 0 Å². The van der Waals surface area contributed by atoms with Crippen LogP contribution in [-0.2, 0) is 6.61 Å². The molecule has 5 heteroatoms. The molecule has 0 unspecified atom stereocenters. The van der Waals surface area contributed by atoms with Crippen LogP contribution in [0, 0.1) is 6.92 Å². The van der Waals surface area contributed by atoms with Crippen molar-refractivity contribution >= 4 is 17.2 Å². The summed E-state index contributed by atoms with van der Waals surface area (Å²) in [5.74, 6) is 1.01. The summed E-state index contributed by atoms with van der Waals surface area (Å²) in [7, 11) is 0. The second-order valence-electron chi connectivity index (χ2n) is 3.03. The Labute approximate surface area is 91.8 Å². The normalized spacial score (nSPS) is 10.2. The van der Waals surface area contributed by atoms with Gasteiger partial charge in [-0.15, -0.1) is 11.3 Å². The van der Waals surface area contributed by atoms with Crippen LogP contribution in [0.5, 0.6) is 5.75 Å². The fraction of sp³-hybridized carbons (Fsp3) is 0.200. The molecule has 2 rings (SSSR count). The zero-order valence-electron chi connectivity index (χ0n) is 8.30. The van der Waals surface area contributed by atoms with Gasteiger partial charge < -0.3 is 10.5 Å². The number of nitrogens with zero attached hydrogens (tertiary/aromatic N) is 2. The molecule has 2 aromatic heterocycles. The van der Waals surface area contributed by atoms with Gasteiger partial charge in [-0.1, -0.05) is 0 Å². The number of aryl methyl sites for hydroxylation is 1. The molecule has 0 atom stereocenters. The van der Waals surface area contributed by atoms with Gasteiger partial charge in [-0.25, -0.2) is 9.97 Å². The number of pyridine rings is 1. The summed E-state index contributed by atoms with van der Waals surface area (Å²) >= 11 is 1.61. The summed E-state index contributed by atoms with van der Waals surface area (Å²) in [5, 5.41) is 3.01. The quantitative estimate of drug-likeness (QED) is 0.861. The maximum Gasteiger partial charge on any atom is 0.166 e. The average molecular weight is 221 g/mol. The highest BCUT2D eigenvalue weighted by atomic mass is 32.1. The van der Waals surface area contributed by atoms with E-state index in [4.69, 9.17) is 10.5 Å². The third kappa shape index (κ3) is 2.44. The molecule has 0 fully saturated rings. The lowest BCUT2D eigenvalue weighted by atomic mass is 10.4. The van der Waals surface area contributed by atoms with Crippen molar-refractivity contribution in [1.29, 1.82) is 0 Å². The Morgan fingerprint density at radius 2 is 2.40 bits per heavy atom. The van der Waals surface area contributed by atoms with E-state index in [2.05, 4.69) is 9.97 Å². The molecule has 0 aliphatic rings. The van der Waals surface area contributed by atoms with Crippen molar-refractivity contribution in [2.45, 2.75) is 13.5 Å². The third-order valence-electron chi connectivity index (χ3n) is 1.84. The minimum absolute atomic E-state index is 0.407. The predicted molar refractivity (Wildman–Crippen MR) is 59.8 cm³/mol. The van der Waals surface area contributed by atoms with Crippen molar-refractivity contribution in [3.8, 4) is 5.75 Å². The first-order valence-electron chi connectivity index (χ1n) is 4.50. The van der Waals surface area contributed by atoms with Crippen molar-refractivity contribution in [3.05, 3.63) is 34.4 Å². The lowest BCUT2D eigenvalue weighted by Crippen LogP contribution is -2.00. The number of rotatable bonds is 3. The summed E-state index contributed by atoms with van der Waals surface area (Å²) in [6, 6.07) is 3.58. The van der Waals surface area contributed by atoms with Crippen LogP contribution >= 0.6 is 11.3 Å². The van der Waals surface area contributed by atoms with Crippen molar-refractivity contribution < 1.29 is 4.74 Å². The molecule has 0 aromatic carbocycles. The van der Waals surface area contributed by atoms with Gasteiger partial charge in [0.25, 0.3) is 0 Å². The van der Waals surface area contributed by atoms with E-state index in [1.54, 1.807) is 29.7 Å². The number of thiazole rings is 1. The highest BCUT2D eigenvalue weighted by Crippen LogP contribution is 2.18. The molecular formula is C10H11N3OS. The predicted octanol–water partition coefficient (Wildman–Crippen LogP) is 2.01. The first kappa shape index (κ1) is 9.92. The smallest absolute Gasteiger partial charge is 0.166 e. The van der Waals surface area contributed by atoms with Crippen LogP contribution < -0.4 is 10.5 Å². The summed E-state index contributed by atoms with van der Waals surface area (Å²) in [4.78, 5) is 8.22. The standard InChI is InChI=1S/C10H11N3OS/c1-7-13-8(6-15-7)5-14-9-3-2-4-12-10(9)11/h2-4,6H,5H2,1H3,(H2,11,12). The van der Waals surface area contributed by atoms with E-state index in [9.17, 15) is 0 Å². The number of nitrogens with two attached hydrogens (primary N) is 1. The SMILES string of the molecule is Cc1nc(COc2cccnc2N)cs1. The number of hydrogen-bond donors (Lipinski definition) is 1. The lowest BCUT2D eigenvalue weighted by Gasteiger charge is -2.05. The number of nitrogen functional groups attached to an aromatic ring is 1. The fourth-order valence-corrected chi connectivity index (χ4v) is 1.75. The molecule has 2 N–H and O–H groups in total. The minimum Gasteiger partial charge on any atom is -0.483 e. The highest BCUT2D eigenvalue weighted by molar-refractivity contribution is 7.09. The Morgan fingerprint density at radius 1 is 1.53 bits per heavy atom. The molecule has 0 radical (unpaired) electrons. The number of ether oxygens (including phenoxy) is 1. The third-order valence-corrected chi connectivity index (χ3v) is 2.66. The Bertz CT molecular complexity index is 455. The minimum atomic E-state index is 0.407. The monoisotopic (exact) mass is 221 g/mol. The topological polar surface area (TPSA) is 61.0 Å². The van der Waals surface area contributed by atoms with E-state index in [0.717, 1.165) is 10.7 Å². The van der Waals surface area contributed by atoms with Gasteiger partial charge in [0, 0.05) is 11.6 Å². The molecule has 15 heavy (non-hydrogen) atoms. The maximum absolute atomic E-state index is 5.64. The Hall–Kier alpha value is -1.62. The van der Waals surface area contributed by atoms with Crippen LogP contribution in [0.25, 0.3) is 0 Å². The zero-order valence-corrected chi connectivity index (χ0v) is 9.12. The molecule has 78 valence electrons. The first-order valence-corrected chi connectivity index (χ1v) is 5.38. The van der Waals surface area contributed by atoms with Crippen LogP contribution in [0.15, 0.2) is 23.7 Å². The Balaban J connectivity index is 2.02. The van der Waals surface area contributed by atoms with Crippen molar-refractivity contribution in [2.24, 2.45) is 0 Å². The highest BCUT2D eigenvalue weighted by Gasteiger charge is 2.02. The molecule has 0 aliphatic heterocycles. The summed E-state index contributed by atoms with van der Waals surface area (Å²) in [5.41, 5.74) is 6.55. The number of hydrogen-bond acceptors (Lipinski definition) is 5. The molecule has 0 amide bonds. The van der Waals surface area contributed by atoms with E-state index in [-0.39, 0.29) is 0 Å². The molecule has 0 spiro atoms. The lowest BCUT2D eigenvalue weighted by molar-refractivity contribution is 0.302. The largest absolute Gasteiger partial charge is 0.483 e. The number of anilines is 1.